The number of aliphatic imine (C=N–C) groups is 1. The van der Waals surface area contributed by atoms with Gasteiger partial charge in [0.25, 0.3) is 0 Å². The highest BCUT2D eigenvalue weighted by atomic mass is 15.3. The van der Waals surface area contributed by atoms with Crippen molar-refractivity contribution < 1.29 is 0 Å². The fourth-order valence-electron chi connectivity index (χ4n) is 1.79. The molecule has 1 aliphatic heterocycles. The van der Waals surface area contributed by atoms with Gasteiger partial charge in [0.1, 0.15) is 0 Å². The van der Waals surface area contributed by atoms with Crippen molar-refractivity contribution in [3.63, 3.8) is 0 Å². The Balaban J connectivity index is 2.04. The molecule has 0 bridgehead atoms. The van der Waals surface area contributed by atoms with E-state index in [2.05, 4.69) is 34.2 Å². The van der Waals surface area contributed by atoms with Crippen LogP contribution in [-0.4, -0.2) is 23.9 Å². The summed E-state index contributed by atoms with van der Waals surface area (Å²) in [5.74, 6) is 0.691. The van der Waals surface area contributed by atoms with Gasteiger partial charge in [0, 0.05) is 19.6 Å². The minimum Gasteiger partial charge on any atom is -0.370 e. The van der Waals surface area contributed by atoms with E-state index in [1.807, 2.05) is 6.07 Å². The largest absolute Gasteiger partial charge is 0.370 e. The van der Waals surface area contributed by atoms with E-state index in [1.165, 1.54) is 12.0 Å². The van der Waals surface area contributed by atoms with Gasteiger partial charge in [0.2, 0.25) is 0 Å². The zero-order valence-electron chi connectivity index (χ0n) is 8.89. The van der Waals surface area contributed by atoms with Crippen molar-refractivity contribution in [3.8, 4) is 0 Å². The molecule has 0 unspecified atom stereocenters. The van der Waals surface area contributed by atoms with Crippen LogP contribution in [0.4, 0.5) is 0 Å². The Bertz CT molecular complexity index is 332. The molecule has 15 heavy (non-hydrogen) atoms. The maximum atomic E-state index is 5.90. The van der Waals surface area contributed by atoms with Gasteiger partial charge in [-0.25, -0.2) is 0 Å². The van der Waals surface area contributed by atoms with E-state index in [1.54, 1.807) is 0 Å². The van der Waals surface area contributed by atoms with Crippen molar-refractivity contribution in [2.75, 3.05) is 13.1 Å². The number of benzene rings is 1. The molecular formula is C12H17N3. The molecule has 0 fully saturated rings. The van der Waals surface area contributed by atoms with Crippen LogP contribution >= 0.6 is 0 Å². The molecule has 2 rings (SSSR count). The van der Waals surface area contributed by atoms with Gasteiger partial charge in [-0.05, 0) is 18.4 Å². The lowest BCUT2D eigenvalue weighted by molar-refractivity contribution is 0.406. The number of nitrogens with zero attached hydrogens (tertiary/aromatic N) is 2. The number of rotatable bonds is 2. The molecule has 0 radical (unpaired) electrons. The Morgan fingerprint density at radius 2 is 2.00 bits per heavy atom. The molecule has 2 N–H and O–H groups in total. The lowest BCUT2D eigenvalue weighted by atomic mass is 10.2. The second-order valence-electron chi connectivity index (χ2n) is 3.85. The average molecular weight is 203 g/mol. The van der Waals surface area contributed by atoms with Crippen LogP contribution in [0.1, 0.15) is 18.4 Å². The van der Waals surface area contributed by atoms with Crippen molar-refractivity contribution in [1.29, 1.82) is 0 Å². The highest BCUT2D eigenvalue weighted by Crippen LogP contribution is 2.08. The molecule has 0 amide bonds. The van der Waals surface area contributed by atoms with Crippen LogP contribution in [0, 0.1) is 0 Å². The van der Waals surface area contributed by atoms with Crippen molar-refractivity contribution >= 4 is 5.96 Å². The van der Waals surface area contributed by atoms with E-state index in [4.69, 9.17) is 5.73 Å². The zero-order chi connectivity index (χ0) is 10.5. The Labute approximate surface area is 90.6 Å². The van der Waals surface area contributed by atoms with Crippen LogP contribution in [-0.2, 0) is 6.54 Å². The van der Waals surface area contributed by atoms with Crippen LogP contribution < -0.4 is 5.73 Å². The molecular weight excluding hydrogens is 186 g/mol. The molecule has 0 aliphatic carbocycles. The molecule has 1 aliphatic rings. The van der Waals surface area contributed by atoms with Crippen LogP contribution in [0.25, 0.3) is 0 Å². The molecule has 0 saturated carbocycles. The highest BCUT2D eigenvalue weighted by Gasteiger charge is 2.10. The van der Waals surface area contributed by atoms with E-state index in [9.17, 15) is 0 Å². The highest BCUT2D eigenvalue weighted by molar-refractivity contribution is 5.78. The van der Waals surface area contributed by atoms with Crippen LogP contribution in [0.5, 0.6) is 0 Å². The van der Waals surface area contributed by atoms with Crippen LogP contribution in [0.15, 0.2) is 35.3 Å². The molecule has 1 aromatic rings. The van der Waals surface area contributed by atoms with Crippen molar-refractivity contribution in [3.05, 3.63) is 35.9 Å². The van der Waals surface area contributed by atoms with Crippen LogP contribution in [0.3, 0.4) is 0 Å². The molecule has 1 aromatic carbocycles. The first-order valence-electron chi connectivity index (χ1n) is 5.45. The lowest BCUT2D eigenvalue weighted by Gasteiger charge is -2.21. The molecule has 0 saturated heterocycles. The molecule has 80 valence electrons. The average Bonchev–Trinajstić information content (AvgIpc) is 2.46. The second-order valence-corrected chi connectivity index (χ2v) is 3.85. The fraction of sp³-hybridized carbons (Fsp3) is 0.417. The summed E-state index contributed by atoms with van der Waals surface area (Å²) in [5, 5.41) is 0. The Morgan fingerprint density at radius 1 is 1.20 bits per heavy atom. The fourth-order valence-corrected chi connectivity index (χ4v) is 1.79. The van der Waals surface area contributed by atoms with E-state index in [0.717, 1.165) is 26.1 Å². The van der Waals surface area contributed by atoms with Gasteiger partial charge < -0.3 is 10.6 Å². The van der Waals surface area contributed by atoms with E-state index in [0.29, 0.717) is 5.96 Å². The number of nitrogens with two attached hydrogens (primary N) is 1. The minimum absolute atomic E-state index is 0.691. The molecule has 3 heteroatoms. The first-order valence-corrected chi connectivity index (χ1v) is 5.45. The smallest absolute Gasteiger partial charge is 0.191 e. The summed E-state index contributed by atoms with van der Waals surface area (Å²) < 4.78 is 0. The Hall–Kier alpha value is -1.51. The Kier molecular flexibility index (Phi) is 3.22. The topological polar surface area (TPSA) is 41.6 Å². The van der Waals surface area contributed by atoms with Gasteiger partial charge in [0.05, 0.1) is 0 Å². The number of guanidine groups is 1. The van der Waals surface area contributed by atoms with Crippen molar-refractivity contribution in [2.45, 2.75) is 19.4 Å². The Morgan fingerprint density at radius 3 is 2.80 bits per heavy atom. The van der Waals surface area contributed by atoms with Gasteiger partial charge >= 0.3 is 0 Å². The summed E-state index contributed by atoms with van der Waals surface area (Å²) in [6.07, 6.45) is 2.32. The second kappa shape index (κ2) is 4.82. The molecule has 0 atom stereocenters. The lowest BCUT2D eigenvalue weighted by Crippen LogP contribution is -2.36. The molecule has 0 aromatic heterocycles. The van der Waals surface area contributed by atoms with Gasteiger partial charge in [-0.2, -0.15) is 0 Å². The molecule has 1 heterocycles. The number of hydrogen-bond donors (Lipinski definition) is 1. The normalized spacial score (nSPS) is 17.1. The SMILES string of the molecule is NC1=NCCCCN1Cc1ccccc1. The zero-order valence-corrected chi connectivity index (χ0v) is 8.89. The van der Waals surface area contributed by atoms with E-state index in [-0.39, 0.29) is 0 Å². The quantitative estimate of drug-likeness (QED) is 0.793. The van der Waals surface area contributed by atoms with Gasteiger partial charge in [0.15, 0.2) is 5.96 Å². The number of hydrogen-bond acceptors (Lipinski definition) is 3. The molecule has 0 spiro atoms. The third-order valence-electron chi connectivity index (χ3n) is 2.65. The summed E-state index contributed by atoms with van der Waals surface area (Å²) >= 11 is 0. The van der Waals surface area contributed by atoms with Gasteiger partial charge in [-0.1, -0.05) is 30.3 Å². The standard InChI is InChI=1S/C12H17N3/c13-12-14-8-4-5-9-15(12)10-11-6-2-1-3-7-11/h1-3,6-7H,4-5,8-10H2,(H2,13,14). The summed E-state index contributed by atoms with van der Waals surface area (Å²) in [4.78, 5) is 6.48. The monoisotopic (exact) mass is 203 g/mol. The van der Waals surface area contributed by atoms with Gasteiger partial charge in [-0.15, -0.1) is 0 Å². The minimum atomic E-state index is 0.691. The van der Waals surface area contributed by atoms with Gasteiger partial charge in [-0.3, -0.25) is 4.99 Å². The third kappa shape index (κ3) is 2.72. The summed E-state index contributed by atoms with van der Waals surface area (Å²) in [6.45, 7) is 2.76. The first kappa shape index (κ1) is 10.0. The predicted octanol–water partition coefficient (Wildman–Crippen LogP) is 1.60. The van der Waals surface area contributed by atoms with Crippen molar-refractivity contribution in [1.82, 2.24) is 4.90 Å². The maximum absolute atomic E-state index is 5.90. The third-order valence-corrected chi connectivity index (χ3v) is 2.65. The van der Waals surface area contributed by atoms with Crippen LogP contribution in [0.2, 0.25) is 0 Å². The summed E-state index contributed by atoms with van der Waals surface area (Å²) in [5.41, 5.74) is 7.19. The van der Waals surface area contributed by atoms with E-state index >= 15 is 0 Å². The summed E-state index contributed by atoms with van der Waals surface area (Å²) in [7, 11) is 0. The maximum Gasteiger partial charge on any atom is 0.191 e. The summed E-state index contributed by atoms with van der Waals surface area (Å²) in [6, 6.07) is 10.4. The van der Waals surface area contributed by atoms with E-state index < -0.39 is 0 Å². The first-order chi connectivity index (χ1) is 7.36. The predicted molar refractivity (Wildman–Crippen MR) is 62.6 cm³/mol. The van der Waals surface area contributed by atoms with Crippen molar-refractivity contribution in [2.24, 2.45) is 10.7 Å². The molecule has 3 nitrogen and oxygen atoms in total.